The number of hydrogen-bond donors (Lipinski definition) is 2. The molecule has 0 radical (unpaired) electrons. The minimum absolute atomic E-state index is 0.181. The number of aliphatic imine (C=N–C) groups is 1. The maximum Gasteiger partial charge on any atom is 0.236 e. The van der Waals surface area contributed by atoms with Crippen LogP contribution in [0.1, 0.15) is 53.4 Å². The zero-order valence-electron chi connectivity index (χ0n) is 17.2. The highest BCUT2D eigenvalue weighted by molar-refractivity contribution is 5.80. The molecule has 1 amide bonds. The molecule has 146 valence electrons. The van der Waals surface area contributed by atoms with E-state index >= 15 is 0 Å². The first kappa shape index (κ1) is 21.7. The van der Waals surface area contributed by atoms with E-state index in [1.54, 1.807) is 4.90 Å². The summed E-state index contributed by atoms with van der Waals surface area (Å²) in [7, 11) is 3.63. The van der Waals surface area contributed by atoms with Crippen LogP contribution in [0.25, 0.3) is 0 Å². The lowest BCUT2D eigenvalue weighted by Gasteiger charge is -2.33. The van der Waals surface area contributed by atoms with E-state index in [1.165, 1.54) is 6.42 Å². The Balaban J connectivity index is 2.38. The fourth-order valence-electron chi connectivity index (χ4n) is 2.88. The molecule has 0 atom stereocenters. The first-order chi connectivity index (χ1) is 11.7. The Labute approximate surface area is 154 Å². The number of guanidine groups is 1. The molecule has 1 saturated heterocycles. The number of rotatable bonds is 7. The summed E-state index contributed by atoms with van der Waals surface area (Å²) in [4.78, 5) is 20.4. The minimum Gasteiger partial charge on any atom is -0.357 e. The van der Waals surface area contributed by atoms with Crippen LogP contribution in [0.2, 0.25) is 0 Å². The van der Waals surface area contributed by atoms with Crippen molar-refractivity contribution in [1.29, 1.82) is 0 Å². The first-order valence-electron chi connectivity index (χ1n) is 9.68. The van der Waals surface area contributed by atoms with Gasteiger partial charge in [0.2, 0.25) is 5.91 Å². The fourth-order valence-corrected chi connectivity index (χ4v) is 2.88. The van der Waals surface area contributed by atoms with Gasteiger partial charge >= 0.3 is 0 Å². The Kier molecular flexibility index (Phi) is 9.25. The Hall–Kier alpha value is -1.30. The van der Waals surface area contributed by atoms with Gasteiger partial charge in [0.15, 0.2) is 5.96 Å². The molecular formula is C19H39N5O. The number of likely N-dealkylation sites (N-methyl/N-ethyl adjacent to an activating group) is 1. The third-order valence-electron chi connectivity index (χ3n) is 4.49. The molecule has 2 N–H and O–H groups in total. The second kappa shape index (κ2) is 10.6. The molecule has 0 aromatic rings. The van der Waals surface area contributed by atoms with E-state index < -0.39 is 0 Å². The molecule has 0 spiro atoms. The van der Waals surface area contributed by atoms with Gasteiger partial charge < -0.3 is 15.5 Å². The predicted octanol–water partition coefficient (Wildman–Crippen LogP) is 1.92. The van der Waals surface area contributed by atoms with Crippen molar-refractivity contribution < 1.29 is 4.79 Å². The van der Waals surface area contributed by atoms with Gasteiger partial charge in [-0.15, -0.1) is 0 Å². The highest BCUT2D eigenvalue weighted by Gasteiger charge is 2.22. The molecule has 1 fully saturated rings. The van der Waals surface area contributed by atoms with Crippen LogP contribution >= 0.6 is 0 Å². The van der Waals surface area contributed by atoms with Gasteiger partial charge in [-0.3, -0.25) is 14.7 Å². The van der Waals surface area contributed by atoms with Crippen molar-refractivity contribution in [3.8, 4) is 0 Å². The predicted molar refractivity (Wildman–Crippen MR) is 106 cm³/mol. The van der Waals surface area contributed by atoms with Crippen LogP contribution in [0.4, 0.5) is 0 Å². The minimum atomic E-state index is 0.181. The van der Waals surface area contributed by atoms with Crippen LogP contribution in [0, 0.1) is 5.41 Å². The summed E-state index contributed by atoms with van der Waals surface area (Å²) in [5, 5.41) is 6.92. The number of hydrogen-bond acceptors (Lipinski definition) is 3. The zero-order chi connectivity index (χ0) is 18.9. The molecule has 1 rings (SSSR count). The second-order valence-corrected chi connectivity index (χ2v) is 8.41. The molecule has 6 heteroatoms. The Bertz CT molecular complexity index is 420. The SMILES string of the molecule is CCNC(=NCCCC(C)(C)C)NC1CCN(CC(=O)N(C)C)CC1. The van der Waals surface area contributed by atoms with E-state index in [0.29, 0.717) is 18.0 Å². The maximum absolute atomic E-state index is 11.8. The average molecular weight is 354 g/mol. The van der Waals surface area contributed by atoms with Crippen molar-refractivity contribution in [2.75, 3.05) is 46.8 Å². The van der Waals surface area contributed by atoms with Crippen LogP contribution in [-0.4, -0.2) is 74.5 Å². The van der Waals surface area contributed by atoms with E-state index in [4.69, 9.17) is 4.99 Å². The summed E-state index contributed by atoms with van der Waals surface area (Å²) in [5.41, 5.74) is 0.373. The largest absolute Gasteiger partial charge is 0.357 e. The molecule has 1 heterocycles. The number of carbonyl (C=O) groups excluding carboxylic acids is 1. The topological polar surface area (TPSA) is 60.0 Å². The fraction of sp³-hybridized carbons (Fsp3) is 0.895. The Morgan fingerprint density at radius 1 is 1.24 bits per heavy atom. The van der Waals surface area contributed by atoms with Crippen molar-refractivity contribution in [1.82, 2.24) is 20.4 Å². The smallest absolute Gasteiger partial charge is 0.236 e. The van der Waals surface area contributed by atoms with Crippen molar-refractivity contribution in [2.24, 2.45) is 10.4 Å². The second-order valence-electron chi connectivity index (χ2n) is 8.41. The molecule has 0 aromatic carbocycles. The van der Waals surface area contributed by atoms with Gasteiger partial charge in [0, 0.05) is 46.3 Å². The van der Waals surface area contributed by atoms with Crippen LogP contribution in [0.15, 0.2) is 4.99 Å². The first-order valence-corrected chi connectivity index (χ1v) is 9.68. The normalized spacial score (nSPS) is 17.4. The molecule has 1 aliphatic heterocycles. The molecule has 25 heavy (non-hydrogen) atoms. The van der Waals surface area contributed by atoms with Gasteiger partial charge in [-0.2, -0.15) is 0 Å². The maximum atomic E-state index is 11.8. The van der Waals surface area contributed by atoms with Crippen molar-refractivity contribution in [3.63, 3.8) is 0 Å². The number of piperidine rings is 1. The van der Waals surface area contributed by atoms with Gasteiger partial charge in [0.1, 0.15) is 0 Å². The molecule has 0 unspecified atom stereocenters. The summed E-state index contributed by atoms with van der Waals surface area (Å²) in [6.45, 7) is 13.1. The van der Waals surface area contributed by atoms with Gasteiger partial charge in [-0.25, -0.2) is 0 Å². The average Bonchev–Trinajstić information content (AvgIpc) is 2.52. The van der Waals surface area contributed by atoms with Gasteiger partial charge in [-0.1, -0.05) is 20.8 Å². The van der Waals surface area contributed by atoms with Crippen molar-refractivity contribution in [3.05, 3.63) is 0 Å². The molecule has 6 nitrogen and oxygen atoms in total. The van der Waals surface area contributed by atoms with E-state index in [2.05, 4.69) is 43.2 Å². The summed E-state index contributed by atoms with van der Waals surface area (Å²) >= 11 is 0. The summed E-state index contributed by atoms with van der Waals surface area (Å²) in [6.07, 6.45) is 4.40. The summed E-state index contributed by atoms with van der Waals surface area (Å²) in [6, 6.07) is 0.436. The van der Waals surface area contributed by atoms with E-state index in [9.17, 15) is 4.79 Å². The van der Waals surface area contributed by atoms with E-state index in [-0.39, 0.29) is 5.91 Å². The van der Waals surface area contributed by atoms with E-state index in [1.807, 2.05) is 14.1 Å². The van der Waals surface area contributed by atoms with Crippen molar-refractivity contribution in [2.45, 2.75) is 59.4 Å². The van der Waals surface area contributed by atoms with Crippen LogP contribution < -0.4 is 10.6 Å². The van der Waals surface area contributed by atoms with Crippen LogP contribution in [0.3, 0.4) is 0 Å². The number of carbonyl (C=O) groups is 1. The van der Waals surface area contributed by atoms with E-state index in [0.717, 1.165) is 51.4 Å². The molecule has 0 aromatic heterocycles. The van der Waals surface area contributed by atoms with Crippen LogP contribution in [0.5, 0.6) is 0 Å². The molecule has 0 aliphatic carbocycles. The lowest BCUT2D eigenvalue weighted by Crippen LogP contribution is -2.50. The standard InChI is InChI=1S/C19H39N5O/c1-7-20-18(21-12-8-11-19(2,3)4)22-16-9-13-24(14-10-16)15-17(25)23(5)6/h16H,7-15H2,1-6H3,(H2,20,21,22). The number of amides is 1. The third kappa shape index (κ3) is 9.68. The highest BCUT2D eigenvalue weighted by atomic mass is 16.2. The number of likely N-dealkylation sites (tertiary alicyclic amines) is 1. The lowest BCUT2D eigenvalue weighted by atomic mass is 9.91. The molecule has 0 bridgehead atoms. The zero-order valence-corrected chi connectivity index (χ0v) is 17.2. The lowest BCUT2D eigenvalue weighted by molar-refractivity contribution is -0.130. The number of nitrogens with zero attached hydrogens (tertiary/aromatic N) is 3. The van der Waals surface area contributed by atoms with Crippen molar-refractivity contribution >= 4 is 11.9 Å². The highest BCUT2D eigenvalue weighted by Crippen LogP contribution is 2.20. The Morgan fingerprint density at radius 2 is 1.88 bits per heavy atom. The summed E-state index contributed by atoms with van der Waals surface area (Å²) in [5.74, 6) is 1.11. The Morgan fingerprint density at radius 3 is 2.40 bits per heavy atom. The third-order valence-corrected chi connectivity index (χ3v) is 4.49. The van der Waals surface area contributed by atoms with Gasteiger partial charge in [0.25, 0.3) is 0 Å². The van der Waals surface area contributed by atoms with Crippen LogP contribution in [-0.2, 0) is 4.79 Å². The molecular weight excluding hydrogens is 314 g/mol. The molecule has 0 saturated carbocycles. The monoisotopic (exact) mass is 353 g/mol. The summed E-state index contributed by atoms with van der Waals surface area (Å²) < 4.78 is 0. The number of nitrogens with one attached hydrogen (secondary N) is 2. The van der Waals surface area contributed by atoms with Gasteiger partial charge in [-0.05, 0) is 38.0 Å². The quantitative estimate of drug-likeness (QED) is 0.417. The molecule has 1 aliphatic rings. The van der Waals surface area contributed by atoms with Gasteiger partial charge in [0.05, 0.1) is 6.54 Å².